The van der Waals surface area contributed by atoms with E-state index in [0.29, 0.717) is 0 Å². The molecule has 0 amide bonds. The van der Waals surface area contributed by atoms with Gasteiger partial charge < -0.3 is 4.40 Å². The average Bonchev–Trinajstić information content (AvgIpc) is 2.57. The predicted molar refractivity (Wildman–Crippen MR) is 70.4 cm³/mol. The molecule has 0 bridgehead atoms. The van der Waals surface area contributed by atoms with Crippen molar-refractivity contribution in [1.82, 2.24) is 14.4 Å². The van der Waals surface area contributed by atoms with Crippen molar-refractivity contribution >= 4 is 5.65 Å². The molecule has 0 aliphatic heterocycles. The molecule has 0 aromatic carbocycles. The van der Waals surface area contributed by atoms with Gasteiger partial charge in [-0.3, -0.25) is 4.98 Å². The standard InChI is InChI=1S/C14H21N3/c1-13(2,3)10-9-17-8-7-15-11(12(17)16-10)14(4,5)6/h7-9H,1-6H3. The SMILES string of the molecule is CC(C)(C)c1cn2ccnc(C(C)(C)C)c2n1. The molecule has 92 valence electrons. The fourth-order valence-corrected chi connectivity index (χ4v) is 1.81. The van der Waals surface area contributed by atoms with Gasteiger partial charge in [0, 0.05) is 29.4 Å². The van der Waals surface area contributed by atoms with E-state index < -0.39 is 0 Å². The Hall–Kier alpha value is -1.38. The van der Waals surface area contributed by atoms with E-state index in [1.54, 1.807) is 0 Å². The monoisotopic (exact) mass is 231 g/mol. The summed E-state index contributed by atoms with van der Waals surface area (Å²) in [6, 6.07) is 0. The van der Waals surface area contributed by atoms with Crippen molar-refractivity contribution in [3.63, 3.8) is 0 Å². The molecule has 0 aliphatic rings. The van der Waals surface area contributed by atoms with Crippen LogP contribution in [-0.4, -0.2) is 14.4 Å². The summed E-state index contributed by atoms with van der Waals surface area (Å²) in [4.78, 5) is 9.24. The molecule has 2 aromatic heterocycles. The number of nitrogens with zero attached hydrogens (tertiary/aromatic N) is 3. The van der Waals surface area contributed by atoms with Crippen LogP contribution in [-0.2, 0) is 10.8 Å². The van der Waals surface area contributed by atoms with Crippen molar-refractivity contribution in [2.24, 2.45) is 0 Å². The van der Waals surface area contributed by atoms with Crippen LogP contribution in [0.1, 0.15) is 52.9 Å². The summed E-state index contributed by atoms with van der Waals surface area (Å²) in [7, 11) is 0. The number of aromatic nitrogens is 3. The van der Waals surface area contributed by atoms with E-state index in [1.807, 2.05) is 12.4 Å². The van der Waals surface area contributed by atoms with Crippen LogP contribution in [0.4, 0.5) is 0 Å². The summed E-state index contributed by atoms with van der Waals surface area (Å²) >= 11 is 0. The summed E-state index contributed by atoms with van der Waals surface area (Å²) in [6.45, 7) is 13.0. The van der Waals surface area contributed by atoms with Crippen LogP contribution < -0.4 is 0 Å². The topological polar surface area (TPSA) is 30.2 Å². The molecule has 2 aromatic rings. The van der Waals surface area contributed by atoms with Crippen LogP contribution in [0.3, 0.4) is 0 Å². The highest BCUT2D eigenvalue weighted by Crippen LogP contribution is 2.27. The number of imidazole rings is 1. The highest BCUT2D eigenvalue weighted by Gasteiger charge is 2.23. The van der Waals surface area contributed by atoms with E-state index in [-0.39, 0.29) is 10.8 Å². The highest BCUT2D eigenvalue weighted by molar-refractivity contribution is 5.49. The lowest BCUT2D eigenvalue weighted by Gasteiger charge is -2.17. The first kappa shape index (κ1) is 12.1. The van der Waals surface area contributed by atoms with E-state index >= 15 is 0 Å². The second-order valence-corrected chi connectivity index (χ2v) is 6.63. The van der Waals surface area contributed by atoms with Crippen LogP contribution in [0.25, 0.3) is 5.65 Å². The lowest BCUT2D eigenvalue weighted by Crippen LogP contribution is -2.15. The van der Waals surface area contributed by atoms with Crippen molar-refractivity contribution in [2.75, 3.05) is 0 Å². The van der Waals surface area contributed by atoms with Gasteiger partial charge in [0.25, 0.3) is 0 Å². The summed E-state index contributed by atoms with van der Waals surface area (Å²) in [6.07, 6.45) is 5.92. The minimum absolute atomic E-state index is 0.0169. The second kappa shape index (κ2) is 3.56. The van der Waals surface area contributed by atoms with Crippen molar-refractivity contribution in [3.8, 4) is 0 Å². The molecule has 0 atom stereocenters. The van der Waals surface area contributed by atoms with Gasteiger partial charge in [-0.2, -0.15) is 0 Å². The molecule has 0 saturated carbocycles. The molecule has 0 radical (unpaired) electrons. The number of hydrogen-bond donors (Lipinski definition) is 0. The van der Waals surface area contributed by atoms with Gasteiger partial charge in [-0.1, -0.05) is 41.5 Å². The van der Waals surface area contributed by atoms with Gasteiger partial charge in [0.15, 0.2) is 5.65 Å². The third-order valence-electron chi connectivity index (χ3n) is 2.85. The van der Waals surface area contributed by atoms with Crippen LogP contribution in [0.5, 0.6) is 0 Å². The molecule has 2 heterocycles. The van der Waals surface area contributed by atoms with Crippen LogP contribution in [0.2, 0.25) is 0 Å². The minimum Gasteiger partial charge on any atom is -0.304 e. The Labute approximate surface area is 103 Å². The Morgan fingerprint density at radius 1 is 1.00 bits per heavy atom. The molecule has 17 heavy (non-hydrogen) atoms. The molecule has 3 nitrogen and oxygen atoms in total. The highest BCUT2D eigenvalue weighted by atomic mass is 15.0. The van der Waals surface area contributed by atoms with Crippen molar-refractivity contribution in [1.29, 1.82) is 0 Å². The Kier molecular flexibility index (Phi) is 2.53. The van der Waals surface area contributed by atoms with E-state index in [4.69, 9.17) is 4.98 Å². The first-order chi connectivity index (χ1) is 7.69. The number of fused-ring (bicyclic) bond motifs is 1. The van der Waals surface area contributed by atoms with Crippen molar-refractivity contribution in [2.45, 2.75) is 52.4 Å². The lowest BCUT2D eigenvalue weighted by molar-refractivity contribution is 0.565. The largest absolute Gasteiger partial charge is 0.304 e. The van der Waals surface area contributed by atoms with E-state index in [9.17, 15) is 0 Å². The first-order valence-electron chi connectivity index (χ1n) is 6.04. The fraction of sp³-hybridized carbons (Fsp3) is 0.571. The zero-order chi connectivity index (χ0) is 12.8. The van der Waals surface area contributed by atoms with Crippen molar-refractivity contribution < 1.29 is 0 Å². The number of hydrogen-bond acceptors (Lipinski definition) is 2. The molecule has 0 spiro atoms. The minimum atomic E-state index is 0.0169. The van der Waals surface area contributed by atoms with E-state index in [2.05, 4.69) is 57.1 Å². The maximum Gasteiger partial charge on any atom is 0.159 e. The van der Waals surface area contributed by atoms with E-state index in [1.165, 1.54) is 0 Å². The van der Waals surface area contributed by atoms with Gasteiger partial charge in [0.2, 0.25) is 0 Å². The summed E-state index contributed by atoms with van der Waals surface area (Å²) in [5.41, 5.74) is 3.22. The van der Waals surface area contributed by atoms with Gasteiger partial charge in [-0.15, -0.1) is 0 Å². The zero-order valence-corrected chi connectivity index (χ0v) is 11.6. The Morgan fingerprint density at radius 2 is 1.65 bits per heavy atom. The Morgan fingerprint density at radius 3 is 2.18 bits per heavy atom. The quantitative estimate of drug-likeness (QED) is 0.696. The third kappa shape index (κ3) is 2.19. The normalized spacial score (nSPS) is 13.3. The van der Waals surface area contributed by atoms with Gasteiger partial charge in [-0.05, 0) is 0 Å². The van der Waals surface area contributed by atoms with Crippen molar-refractivity contribution in [3.05, 3.63) is 30.0 Å². The first-order valence-corrected chi connectivity index (χ1v) is 6.04. The maximum atomic E-state index is 4.75. The second-order valence-electron chi connectivity index (χ2n) is 6.63. The zero-order valence-electron chi connectivity index (χ0n) is 11.6. The molecule has 0 unspecified atom stereocenters. The lowest BCUT2D eigenvalue weighted by atomic mass is 9.92. The van der Waals surface area contributed by atoms with Gasteiger partial charge >= 0.3 is 0 Å². The smallest absolute Gasteiger partial charge is 0.159 e. The average molecular weight is 231 g/mol. The molecule has 0 fully saturated rings. The van der Waals surface area contributed by atoms with Crippen LogP contribution >= 0.6 is 0 Å². The third-order valence-corrected chi connectivity index (χ3v) is 2.85. The maximum absolute atomic E-state index is 4.75. The van der Waals surface area contributed by atoms with Crippen LogP contribution in [0, 0.1) is 0 Å². The van der Waals surface area contributed by atoms with Gasteiger partial charge in [0.05, 0.1) is 11.4 Å². The molecule has 2 rings (SSSR count). The molecular formula is C14H21N3. The fourth-order valence-electron chi connectivity index (χ4n) is 1.81. The molecule has 3 heteroatoms. The Bertz CT molecular complexity index is 539. The van der Waals surface area contributed by atoms with Gasteiger partial charge in [0.1, 0.15) is 0 Å². The van der Waals surface area contributed by atoms with Crippen LogP contribution in [0.15, 0.2) is 18.6 Å². The predicted octanol–water partition coefficient (Wildman–Crippen LogP) is 3.32. The summed E-state index contributed by atoms with van der Waals surface area (Å²) in [5, 5.41) is 0. The summed E-state index contributed by atoms with van der Waals surface area (Å²) < 4.78 is 2.08. The summed E-state index contributed by atoms with van der Waals surface area (Å²) in [5.74, 6) is 0. The van der Waals surface area contributed by atoms with Gasteiger partial charge in [-0.25, -0.2) is 4.98 Å². The van der Waals surface area contributed by atoms with E-state index in [0.717, 1.165) is 17.0 Å². The molecule has 0 saturated heterocycles. The molecular weight excluding hydrogens is 210 g/mol. The molecule has 0 aliphatic carbocycles. The molecule has 0 N–H and O–H groups in total. The Balaban J connectivity index is 2.70. The number of rotatable bonds is 0.